The molecule has 2 aromatic rings. The Morgan fingerprint density at radius 3 is 2.23 bits per heavy atom. The number of benzene rings is 2. The molecule has 0 saturated heterocycles. The molecule has 8 heteroatoms. The van der Waals surface area contributed by atoms with Crippen molar-refractivity contribution in [2.45, 2.75) is 32.2 Å². The lowest BCUT2D eigenvalue weighted by molar-refractivity contribution is 0.0416. The zero-order chi connectivity index (χ0) is 22.8. The van der Waals surface area contributed by atoms with Gasteiger partial charge in [-0.15, -0.1) is 0 Å². The second kappa shape index (κ2) is 8.56. The fraction of sp³-hybridized carbons (Fsp3) is 0.348. The summed E-state index contributed by atoms with van der Waals surface area (Å²) < 4.78 is 25.2. The number of carbonyl (C=O) groups is 1. The number of hydrogen-bond acceptors (Lipinski definition) is 6. The molecule has 3 rings (SSSR count). The number of likely N-dealkylation sites (N-methyl/N-ethyl adjacent to an activating group) is 3. The van der Waals surface area contributed by atoms with Gasteiger partial charge in [-0.3, -0.25) is 16.0 Å². The quantitative estimate of drug-likeness (QED) is 0.545. The van der Waals surface area contributed by atoms with Crippen molar-refractivity contribution in [3.05, 3.63) is 65.1 Å². The van der Waals surface area contributed by atoms with Gasteiger partial charge in [-0.1, -0.05) is 12.1 Å². The molecule has 0 spiro atoms. The van der Waals surface area contributed by atoms with Crippen LogP contribution in [0.3, 0.4) is 0 Å². The normalized spacial score (nSPS) is 15.1. The first kappa shape index (κ1) is 22.6. The Bertz CT molecular complexity index is 993. The number of amides is 1. The summed E-state index contributed by atoms with van der Waals surface area (Å²) in [4.78, 5) is 12.2. The first-order valence-corrected chi connectivity index (χ1v) is 10.0. The molecule has 0 saturated carbocycles. The van der Waals surface area contributed by atoms with Gasteiger partial charge >= 0.3 is 6.09 Å². The molecule has 7 nitrogen and oxygen atoms in total. The number of ether oxygens (including phenoxy) is 2. The molecule has 1 aliphatic rings. The first-order chi connectivity index (χ1) is 14.6. The maximum atomic E-state index is 13.6. The van der Waals surface area contributed by atoms with Gasteiger partial charge in [0.2, 0.25) is 0 Å². The molecule has 0 fully saturated rings. The van der Waals surface area contributed by atoms with Crippen molar-refractivity contribution >= 4 is 17.4 Å². The largest absolute Gasteiger partial charge is 0.453 e. The van der Waals surface area contributed by atoms with Crippen LogP contribution in [-0.4, -0.2) is 38.7 Å². The second-order valence-electron chi connectivity index (χ2n) is 8.13. The summed E-state index contributed by atoms with van der Waals surface area (Å²) in [7, 11) is 5.34. The van der Waals surface area contributed by atoms with Gasteiger partial charge < -0.3 is 14.8 Å². The fourth-order valence-corrected chi connectivity index (χ4v) is 3.53. The molecular weight excluding hydrogens is 399 g/mol. The summed E-state index contributed by atoms with van der Waals surface area (Å²) in [6.07, 6.45) is -0.554. The van der Waals surface area contributed by atoms with E-state index in [0.29, 0.717) is 11.4 Å². The minimum atomic E-state index is -1.06. The van der Waals surface area contributed by atoms with Crippen LogP contribution in [0.5, 0.6) is 5.75 Å². The van der Waals surface area contributed by atoms with E-state index in [4.69, 9.17) is 9.47 Å². The molecule has 1 amide bonds. The lowest BCUT2D eigenvalue weighted by Crippen LogP contribution is -2.63. The van der Waals surface area contributed by atoms with Crippen LogP contribution in [0.1, 0.15) is 31.9 Å². The highest BCUT2D eigenvalue weighted by molar-refractivity contribution is 5.90. The van der Waals surface area contributed by atoms with Crippen molar-refractivity contribution in [3.63, 3.8) is 0 Å². The maximum Gasteiger partial charge on any atom is 0.412 e. The number of carbonyl (C=O) groups excluding carboxylic acids is 1. The molecule has 0 radical (unpaired) electrons. The summed E-state index contributed by atoms with van der Waals surface area (Å²) in [5.41, 5.74) is 3.12. The Labute approximate surface area is 182 Å². The van der Waals surface area contributed by atoms with E-state index < -0.39 is 17.5 Å². The van der Waals surface area contributed by atoms with Crippen LogP contribution in [0.2, 0.25) is 0 Å². The highest BCUT2D eigenvalue weighted by atomic mass is 19.1. The van der Waals surface area contributed by atoms with E-state index in [9.17, 15) is 9.18 Å². The third kappa shape index (κ3) is 4.65. The summed E-state index contributed by atoms with van der Waals surface area (Å²) in [6, 6.07) is 11.6. The molecule has 0 unspecified atom stereocenters. The molecule has 0 aliphatic carbocycles. The molecule has 31 heavy (non-hydrogen) atoms. The van der Waals surface area contributed by atoms with Crippen molar-refractivity contribution in [2.75, 3.05) is 26.5 Å². The smallest absolute Gasteiger partial charge is 0.412 e. The third-order valence-electron chi connectivity index (χ3n) is 4.85. The predicted molar refractivity (Wildman–Crippen MR) is 119 cm³/mol. The predicted octanol–water partition coefficient (Wildman–Crippen LogP) is 3.64. The zero-order valence-electron chi connectivity index (χ0n) is 18.6. The summed E-state index contributed by atoms with van der Waals surface area (Å²) in [5, 5.41) is 12.3. The Kier molecular flexibility index (Phi) is 6.24. The van der Waals surface area contributed by atoms with Gasteiger partial charge in [0.15, 0.2) is 0 Å². The van der Waals surface area contributed by atoms with Crippen molar-refractivity contribution in [1.82, 2.24) is 16.0 Å². The number of hydrogen-bond donors (Lipinski definition) is 4. The van der Waals surface area contributed by atoms with Gasteiger partial charge in [-0.2, -0.15) is 0 Å². The van der Waals surface area contributed by atoms with Gasteiger partial charge in [0.05, 0.1) is 5.70 Å². The van der Waals surface area contributed by atoms with Gasteiger partial charge in [-0.25, -0.2) is 9.18 Å². The minimum Gasteiger partial charge on any atom is -0.453 e. The van der Waals surface area contributed by atoms with E-state index >= 15 is 0 Å². The molecule has 4 N–H and O–H groups in total. The molecule has 0 bridgehead atoms. The molecule has 0 atom stereocenters. The SMILES string of the molecule is CNC1=C(c2ccc(F)cc2)c2ccc(NC(=O)OC(C)(C)C)cc2OC1(NC)NC. The van der Waals surface area contributed by atoms with Crippen LogP contribution in [0.15, 0.2) is 48.2 Å². The lowest BCUT2D eigenvalue weighted by atomic mass is 9.91. The molecular formula is C23H29FN4O3. The Hall–Kier alpha value is -3.10. The zero-order valence-corrected chi connectivity index (χ0v) is 18.6. The van der Waals surface area contributed by atoms with Crippen LogP contribution >= 0.6 is 0 Å². The topological polar surface area (TPSA) is 83.7 Å². The van der Waals surface area contributed by atoms with Gasteiger partial charge in [0.1, 0.15) is 17.2 Å². The lowest BCUT2D eigenvalue weighted by Gasteiger charge is -2.41. The molecule has 0 aromatic heterocycles. The monoisotopic (exact) mass is 428 g/mol. The van der Waals surface area contributed by atoms with E-state index in [1.54, 1.807) is 66.2 Å². The highest BCUT2D eigenvalue weighted by Crippen LogP contribution is 2.42. The third-order valence-corrected chi connectivity index (χ3v) is 4.85. The summed E-state index contributed by atoms with van der Waals surface area (Å²) >= 11 is 0. The van der Waals surface area contributed by atoms with E-state index in [1.807, 2.05) is 6.07 Å². The van der Waals surface area contributed by atoms with Crippen LogP contribution in [0, 0.1) is 5.82 Å². The van der Waals surface area contributed by atoms with E-state index in [2.05, 4.69) is 21.3 Å². The Balaban J connectivity index is 2.10. The number of fused-ring (bicyclic) bond motifs is 1. The van der Waals surface area contributed by atoms with Crippen LogP contribution < -0.4 is 26.0 Å². The van der Waals surface area contributed by atoms with E-state index in [-0.39, 0.29) is 5.82 Å². The van der Waals surface area contributed by atoms with E-state index in [0.717, 1.165) is 22.4 Å². The van der Waals surface area contributed by atoms with Crippen LogP contribution in [0.25, 0.3) is 5.57 Å². The van der Waals surface area contributed by atoms with Gasteiger partial charge in [0, 0.05) is 29.9 Å². The molecule has 1 heterocycles. The molecule has 166 valence electrons. The molecule has 2 aromatic carbocycles. The average Bonchev–Trinajstić information content (AvgIpc) is 2.71. The van der Waals surface area contributed by atoms with Gasteiger partial charge in [0.25, 0.3) is 5.85 Å². The number of anilines is 1. The van der Waals surface area contributed by atoms with Crippen molar-refractivity contribution in [1.29, 1.82) is 0 Å². The Morgan fingerprint density at radius 1 is 1.03 bits per heavy atom. The Morgan fingerprint density at radius 2 is 1.68 bits per heavy atom. The summed E-state index contributed by atoms with van der Waals surface area (Å²) in [6.45, 7) is 5.40. The number of nitrogens with one attached hydrogen (secondary N) is 4. The second-order valence-corrected chi connectivity index (χ2v) is 8.13. The highest BCUT2D eigenvalue weighted by Gasteiger charge is 2.41. The average molecular weight is 429 g/mol. The summed E-state index contributed by atoms with van der Waals surface area (Å²) in [5.74, 6) is -0.834. The number of halogens is 1. The van der Waals surface area contributed by atoms with Gasteiger partial charge in [-0.05, 0) is 64.7 Å². The molecule has 1 aliphatic heterocycles. The van der Waals surface area contributed by atoms with Crippen LogP contribution in [-0.2, 0) is 4.74 Å². The van der Waals surface area contributed by atoms with Crippen molar-refractivity contribution < 1.29 is 18.7 Å². The fourth-order valence-electron chi connectivity index (χ4n) is 3.53. The number of rotatable bonds is 5. The van der Waals surface area contributed by atoms with Crippen molar-refractivity contribution in [2.24, 2.45) is 0 Å². The standard InChI is InChI=1S/C23H29FN4O3/c1-22(2,3)31-21(29)28-16-11-12-17-18(13-16)30-23(26-5,27-6)20(25-4)19(17)14-7-9-15(24)10-8-14/h7-13,25-27H,1-6H3,(H,28,29). The van der Waals surface area contributed by atoms with E-state index in [1.165, 1.54) is 12.1 Å². The maximum absolute atomic E-state index is 13.6. The first-order valence-electron chi connectivity index (χ1n) is 10.0. The minimum absolute atomic E-state index is 0.312. The van der Waals surface area contributed by atoms with Crippen LogP contribution in [0.4, 0.5) is 14.9 Å². The van der Waals surface area contributed by atoms with Crippen molar-refractivity contribution in [3.8, 4) is 5.75 Å².